The molecule has 5 heteroatoms. The van der Waals surface area contributed by atoms with Gasteiger partial charge in [-0.1, -0.05) is 23.7 Å². The molecule has 0 spiro atoms. The van der Waals surface area contributed by atoms with Crippen LogP contribution in [-0.2, 0) is 11.3 Å². The van der Waals surface area contributed by atoms with Gasteiger partial charge in [0.05, 0.1) is 17.7 Å². The van der Waals surface area contributed by atoms with Gasteiger partial charge in [-0.2, -0.15) is 0 Å². The zero-order valence-electron chi connectivity index (χ0n) is 10.5. The van der Waals surface area contributed by atoms with Crippen LogP contribution in [0.3, 0.4) is 0 Å². The molecule has 1 aliphatic rings. The normalized spacial score (nSPS) is 20.3. The quantitative estimate of drug-likeness (QED) is 0.906. The van der Waals surface area contributed by atoms with E-state index in [2.05, 4.69) is 5.32 Å². The van der Waals surface area contributed by atoms with Crippen molar-refractivity contribution in [1.29, 1.82) is 0 Å². The minimum atomic E-state index is -0.325. The Kier molecular flexibility index (Phi) is 4.95. The van der Waals surface area contributed by atoms with Crippen molar-refractivity contribution >= 4 is 11.6 Å². The maximum Gasteiger partial charge on any atom is 0.146 e. The molecule has 3 nitrogen and oxygen atoms in total. The second-order valence-corrected chi connectivity index (χ2v) is 5.01. The van der Waals surface area contributed by atoms with E-state index in [-0.39, 0.29) is 16.9 Å². The molecule has 0 aromatic heterocycles. The monoisotopic (exact) mass is 272 g/mol. The summed E-state index contributed by atoms with van der Waals surface area (Å²) in [4.78, 5) is 2.05. The number of nitrogens with one attached hydrogen (secondary N) is 1. The van der Waals surface area contributed by atoms with E-state index in [1.54, 1.807) is 18.2 Å². The van der Waals surface area contributed by atoms with Crippen LogP contribution in [0.1, 0.15) is 5.56 Å². The van der Waals surface area contributed by atoms with E-state index in [0.29, 0.717) is 12.1 Å². The van der Waals surface area contributed by atoms with Crippen LogP contribution in [0.2, 0.25) is 5.02 Å². The topological polar surface area (TPSA) is 24.5 Å². The molecule has 1 fully saturated rings. The molecule has 1 saturated heterocycles. The molecule has 0 bridgehead atoms. The molecule has 1 aliphatic heterocycles. The van der Waals surface area contributed by atoms with E-state index in [1.807, 2.05) is 11.9 Å². The zero-order valence-corrected chi connectivity index (χ0v) is 11.2. The Morgan fingerprint density at radius 2 is 2.39 bits per heavy atom. The van der Waals surface area contributed by atoms with Crippen molar-refractivity contribution in [2.75, 3.05) is 33.3 Å². The summed E-state index contributed by atoms with van der Waals surface area (Å²) >= 11 is 5.76. The van der Waals surface area contributed by atoms with Crippen molar-refractivity contribution in [3.63, 3.8) is 0 Å². The van der Waals surface area contributed by atoms with Gasteiger partial charge in [-0.3, -0.25) is 4.90 Å². The molecule has 0 amide bonds. The van der Waals surface area contributed by atoms with Crippen molar-refractivity contribution in [3.8, 4) is 0 Å². The summed E-state index contributed by atoms with van der Waals surface area (Å²) in [5.74, 6) is -0.325. The first-order chi connectivity index (χ1) is 8.66. The van der Waals surface area contributed by atoms with Crippen molar-refractivity contribution in [2.45, 2.75) is 12.6 Å². The highest BCUT2D eigenvalue weighted by atomic mass is 35.5. The van der Waals surface area contributed by atoms with E-state index >= 15 is 0 Å². The Balaban J connectivity index is 1.90. The summed E-state index contributed by atoms with van der Waals surface area (Å²) in [5, 5.41) is 3.45. The van der Waals surface area contributed by atoms with E-state index in [4.69, 9.17) is 16.3 Å². The van der Waals surface area contributed by atoms with Gasteiger partial charge in [0.1, 0.15) is 5.82 Å². The number of nitrogens with zero attached hydrogens (tertiary/aromatic N) is 1. The number of hydrogen-bond donors (Lipinski definition) is 1. The van der Waals surface area contributed by atoms with Crippen LogP contribution < -0.4 is 5.32 Å². The molecule has 1 N–H and O–H groups in total. The van der Waals surface area contributed by atoms with Crippen molar-refractivity contribution in [1.82, 2.24) is 10.2 Å². The average Bonchev–Trinajstić information content (AvgIpc) is 2.36. The Bertz CT molecular complexity index is 397. The molecule has 1 aromatic carbocycles. The highest BCUT2D eigenvalue weighted by molar-refractivity contribution is 6.30. The fourth-order valence-corrected chi connectivity index (χ4v) is 2.30. The van der Waals surface area contributed by atoms with Gasteiger partial charge in [-0.05, 0) is 13.1 Å². The van der Waals surface area contributed by atoms with Gasteiger partial charge in [0.25, 0.3) is 0 Å². The lowest BCUT2D eigenvalue weighted by atomic mass is 10.2. The maximum absolute atomic E-state index is 13.7. The molecule has 1 unspecified atom stereocenters. The fourth-order valence-electron chi connectivity index (χ4n) is 2.11. The van der Waals surface area contributed by atoms with Crippen LogP contribution >= 0.6 is 11.6 Å². The molecule has 18 heavy (non-hydrogen) atoms. The minimum absolute atomic E-state index is 0.172. The average molecular weight is 273 g/mol. The van der Waals surface area contributed by atoms with Gasteiger partial charge >= 0.3 is 0 Å². The van der Waals surface area contributed by atoms with E-state index < -0.39 is 0 Å². The summed E-state index contributed by atoms with van der Waals surface area (Å²) in [6, 6.07) is 5.10. The molecule has 0 radical (unpaired) electrons. The standard InChI is InChI=1S/C13H18ClFN2O/c1-17(9-11-7-16-5-6-18-11)8-10-3-2-4-12(14)13(10)15/h2-4,11,16H,5-9H2,1H3. The first-order valence-electron chi connectivity index (χ1n) is 6.10. The number of ether oxygens (including phenoxy) is 1. The largest absolute Gasteiger partial charge is 0.374 e. The number of benzene rings is 1. The van der Waals surface area contributed by atoms with Crippen molar-refractivity contribution in [3.05, 3.63) is 34.6 Å². The lowest BCUT2D eigenvalue weighted by molar-refractivity contribution is 0.00870. The van der Waals surface area contributed by atoms with Gasteiger partial charge in [0, 0.05) is 31.7 Å². The van der Waals surface area contributed by atoms with Crippen LogP contribution in [0.15, 0.2) is 18.2 Å². The van der Waals surface area contributed by atoms with Crippen molar-refractivity contribution < 1.29 is 9.13 Å². The molecule has 0 saturated carbocycles. The molecular formula is C13H18ClFN2O. The van der Waals surface area contributed by atoms with Gasteiger partial charge in [0.15, 0.2) is 0 Å². The Hall–Kier alpha value is -0.680. The second-order valence-electron chi connectivity index (χ2n) is 4.61. The highest BCUT2D eigenvalue weighted by Crippen LogP contribution is 2.19. The SMILES string of the molecule is CN(Cc1cccc(Cl)c1F)CC1CNCCO1. The van der Waals surface area contributed by atoms with Gasteiger partial charge in [0.2, 0.25) is 0 Å². The van der Waals surface area contributed by atoms with E-state index in [1.165, 1.54) is 0 Å². The van der Waals surface area contributed by atoms with Crippen LogP contribution in [0.5, 0.6) is 0 Å². The van der Waals surface area contributed by atoms with E-state index in [0.717, 1.165) is 26.2 Å². The summed E-state index contributed by atoms with van der Waals surface area (Å²) in [6.07, 6.45) is 0.172. The third-order valence-corrected chi connectivity index (χ3v) is 3.28. The first kappa shape index (κ1) is 13.7. The smallest absolute Gasteiger partial charge is 0.146 e. The van der Waals surface area contributed by atoms with Crippen LogP contribution in [-0.4, -0.2) is 44.3 Å². The lowest BCUT2D eigenvalue weighted by Gasteiger charge is -2.28. The van der Waals surface area contributed by atoms with Gasteiger partial charge in [-0.15, -0.1) is 0 Å². The summed E-state index contributed by atoms with van der Waals surface area (Å²) in [7, 11) is 1.96. The molecule has 1 aromatic rings. The summed E-state index contributed by atoms with van der Waals surface area (Å²) in [6.45, 7) is 3.81. The maximum atomic E-state index is 13.7. The van der Waals surface area contributed by atoms with E-state index in [9.17, 15) is 4.39 Å². The molecule has 1 atom stereocenters. The number of rotatable bonds is 4. The predicted octanol–water partition coefficient (Wildman–Crippen LogP) is 1.90. The Labute approximate surface area is 112 Å². The zero-order chi connectivity index (χ0) is 13.0. The minimum Gasteiger partial charge on any atom is -0.374 e. The third kappa shape index (κ3) is 3.65. The number of likely N-dealkylation sites (N-methyl/N-ethyl adjacent to an activating group) is 1. The van der Waals surface area contributed by atoms with Crippen LogP contribution in [0, 0.1) is 5.82 Å². The molecule has 1 heterocycles. The number of morpholine rings is 1. The number of halogens is 2. The van der Waals surface area contributed by atoms with Crippen molar-refractivity contribution in [2.24, 2.45) is 0 Å². The second kappa shape index (κ2) is 6.48. The third-order valence-electron chi connectivity index (χ3n) is 2.99. The Morgan fingerprint density at radius 1 is 1.56 bits per heavy atom. The summed E-state index contributed by atoms with van der Waals surface area (Å²) < 4.78 is 19.4. The predicted molar refractivity (Wildman–Crippen MR) is 70.4 cm³/mol. The first-order valence-corrected chi connectivity index (χ1v) is 6.48. The molecule has 2 rings (SSSR count). The highest BCUT2D eigenvalue weighted by Gasteiger charge is 2.16. The fraction of sp³-hybridized carbons (Fsp3) is 0.538. The van der Waals surface area contributed by atoms with Crippen LogP contribution in [0.4, 0.5) is 4.39 Å². The molecular weight excluding hydrogens is 255 g/mol. The van der Waals surface area contributed by atoms with Crippen LogP contribution in [0.25, 0.3) is 0 Å². The summed E-state index contributed by atoms with van der Waals surface area (Å²) in [5.41, 5.74) is 0.619. The molecule has 0 aliphatic carbocycles. The van der Waals surface area contributed by atoms with Gasteiger partial charge in [-0.25, -0.2) is 4.39 Å². The molecule has 100 valence electrons. The Morgan fingerprint density at radius 3 is 3.11 bits per heavy atom. The van der Waals surface area contributed by atoms with Gasteiger partial charge < -0.3 is 10.1 Å². The number of hydrogen-bond acceptors (Lipinski definition) is 3. The lowest BCUT2D eigenvalue weighted by Crippen LogP contribution is -2.44.